The maximum Gasteiger partial charge on any atom is 0.0421 e. The van der Waals surface area contributed by atoms with Gasteiger partial charge in [-0.05, 0) is 43.3 Å². The molecule has 0 unspecified atom stereocenters. The lowest BCUT2D eigenvalue weighted by atomic mass is 10.1. The summed E-state index contributed by atoms with van der Waals surface area (Å²) in [5.41, 5.74) is 5.08. The number of nitrogens with one attached hydrogen (secondary N) is 1. The van der Waals surface area contributed by atoms with Crippen molar-refractivity contribution in [1.82, 2.24) is 10.3 Å². The van der Waals surface area contributed by atoms with Crippen LogP contribution in [0.5, 0.6) is 0 Å². The maximum absolute atomic E-state index is 4.37. The van der Waals surface area contributed by atoms with Crippen LogP contribution < -0.4 is 10.2 Å². The second-order valence-corrected chi connectivity index (χ2v) is 5.14. The second-order valence-electron chi connectivity index (χ2n) is 5.14. The monoisotopic (exact) mass is 269 g/mol. The summed E-state index contributed by atoms with van der Waals surface area (Å²) in [7, 11) is 4.12. The first kappa shape index (κ1) is 14.5. The molecular formula is C17H23N3. The average Bonchev–Trinajstić information content (AvgIpc) is 2.46. The first-order valence-corrected chi connectivity index (χ1v) is 7.06. The number of hydrogen-bond acceptors (Lipinski definition) is 3. The molecule has 2 rings (SSSR count). The Balaban J connectivity index is 2.00. The van der Waals surface area contributed by atoms with Crippen LogP contribution >= 0.6 is 0 Å². The SMILES string of the molecule is CNCc1ccc(N(C)CCc2ccccn2)c(C)c1. The van der Waals surface area contributed by atoms with Gasteiger partial charge in [0.25, 0.3) is 0 Å². The molecule has 0 atom stereocenters. The van der Waals surface area contributed by atoms with E-state index >= 15 is 0 Å². The molecule has 2 aromatic rings. The minimum Gasteiger partial charge on any atom is -0.374 e. The molecule has 0 fully saturated rings. The van der Waals surface area contributed by atoms with Gasteiger partial charge in [0.1, 0.15) is 0 Å². The summed E-state index contributed by atoms with van der Waals surface area (Å²) >= 11 is 0. The molecule has 1 aromatic heterocycles. The minimum atomic E-state index is 0.915. The van der Waals surface area contributed by atoms with Crippen LogP contribution in [0.1, 0.15) is 16.8 Å². The highest BCUT2D eigenvalue weighted by Crippen LogP contribution is 2.20. The van der Waals surface area contributed by atoms with Crippen LogP contribution in [0.2, 0.25) is 0 Å². The van der Waals surface area contributed by atoms with Gasteiger partial charge in [0.05, 0.1) is 0 Å². The standard InChI is InChI=1S/C17H23N3/c1-14-12-15(13-18-2)7-8-17(14)20(3)11-9-16-6-4-5-10-19-16/h4-8,10,12,18H,9,11,13H2,1-3H3. The Kier molecular flexibility index (Phi) is 5.13. The van der Waals surface area contributed by atoms with Gasteiger partial charge < -0.3 is 10.2 Å². The number of likely N-dealkylation sites (N-methyl/N-ethyl adjacent to an activating group) is 1. The van der Waals surface area contributed by atoms with Crippen molar-refractivity contribution >= 4 is 5.69 Å². The number of benzene rings is 1. The summed E-state index contributed by atoms with van der Waals surface area (Å²) < 4.78 is 0. The summed E-state index contributed by atoms with van der Waals surface area (Å²) in [4.78, 5) is 6.67. The van der Waals surface area contributed by atoms with Gasteiger partial charge in [0.2, 0.25) is 0 Å². The lowest BCUT2D eigenvalue weighted by Crippen LogP contribution is -2.21. The van der Waals surface area contributed by atoms with Gasteiger partial charge in [-0.2, -0.15) is 0 Å². The highest BCUT2D eigenvalue weighted by atomic mass is 15.1. The van der Waals surface area contributed by atoms with Crippen LogP contribution in [-0.2, 0) is 13.0 Å². The molecule has 0 radical (unpaired) electrons. The summed E-state index contributed by atoms with van der Waals surface area (Å²) in [5, 5.41) is 3.18. The predicted octanol–water partition coefficient (Wildman–Crippen LogP) is 2.79. The highest BCUT2D eigenvalue weighted by molar-refractivity contribution is 5.54. The van der Waals surface area contributed by atoms with Crippen molar-refractivity contribution in [2.45, 2.75) is 19.9 Å². The van der Waals surface area contributed by atoms with E-state index in [-0.39, 0.29) is 0 Å². The molecule has 20 heavy (non-hydrogen) atoms. The lowest BCUT2D eigenvalue weighted by Gasteiger charge is -2.22. The Labute approximate surface area is 121 Å². The second kappa shape index (κ2) is 7.06. The summed E-state index contributed by atoms with van der Waals surface area (Å²) in [6, 6.07) is 12.7. The number of rotatable bonds is 6. The van der Waals surface area contributed by atoms with E-state index in [4.69, 9.17) is 0 Å². The van der Waals surface area contributed by atoms with E-state index in [1.807, 2.05) is 25.4 Å². The fraction of sp³-hybridized carbons (Fsp3) is 0.353. The molecule has 0 aliphatic heterocycles. The molecule has 0 aliphatic rings. The first-order valence-electron chi connectivity index (χ1n) is 7.06. The van der Waals surface area contributed by atoms with Crippen molar-refractivity contribution in [3.63, 3.8) is 0 Å². The quantitative estimate of drug-likeness (QED) is 0.874. The molecule has 0 spiro atoms. The fourth-order valence-corrected chi connectivity index (χ4v) is 2.41. The summed E-state index contributed by atoms with van der Waals surface area (Å²) in [5.74, 6) is 0. The zero-order valence-electron chi connectivity index (χ0n) is 12.6. The van der Waals surface area contributed by atoms with Gasteiger partial charge in [-0.15, -0.1) is 0 Å². The van der Waals surface area contributed by atoms with Crippen molar-refractivity contribution in [3.8, 4) is 0 Å². The number of aromatic nitrogens is 1. The van der Waals surface area contributed by atoms with Crippen molar-refractivity contribution in [3.05, 3.63) is 59.4 Å². The number of pyridine rings is 1. The lowest BCUT2D eigenvalue weighted by molar-refractivity contribution is 0.814. The van der Waals surface area contributed by atoms with E-state index in [2.05, 4.69) is 53.4 Å². The van der Waals surface area contributed by atoms with E-state index in [0.717, 1.165) is 25.2 Å². The smallest absolute Gasteiger partial charge is 0.0421 e. The first-order chi connectivity index (χ1) is 9.70. The van der Waals surface area contributed by atoms with Crippen LogP contribution in [0, 0.1) is 6.92 Å². The zero-order valence-corrected chi connectivity index (χ0v) is 12.6. The number of hydrogen-bond donors (Lipinski definition) is 1. The highest BCUT2D eigenvalue weighted by Gasteiger charge is 2.06. The van der Waals surface area contributed by atoms with E-state index in [9.17, 15) is 0 Å². The van der Waals surface area contributed by atoms with Crippen molar-refractivity contribution in [1.29, 1.82) is 0 Å². The Morgan fingerprint density at radius 1 is 1.20 bits per heavy atom. The van der Waals surface area contributed by atoms with Crippen LogP contribution in [0.25, 0.3) is 0 Å². The Morgan fingerprint density at radius 3 is 2.70 bits per heavy atom. The van der Waals surface area contributed by atoms with Gasteiger partial charge in [0, 0.05) is 44.1 Å². The number of anilines is 1. The van der Waals surface area contributed by atoms with Gasteiger partial charge in [-0.1, -0.05) is 18.2 Å². The predicted molar refractivity (Wildman–Crippen MR) is 85.2 cm³/mol. The van der Waals surface area contributed by atoms with Gasteiger partial charge in [0.15, 0.2) is 0 Å². The van der Waals surface area contributed by atoms with Gasteiger partial charge in [-0.3, -0.25) is 4.98 Å². The number of nitrogens with zero attached hydrogens (tertiary/aromatic N) is 2. The minimum absolute atomic E-state index is 0.915. The van der Waals surface area contributed by atoms with Crippen LogP contribution in [-0.4, -0.2) is 25.6 Å². The molecule has 106 valence electrons. The zero-order chi connectivity index (χ0) is 14.4. The molecule has 0 aliphatic carbocycles. The van der Waals surface area contributed by atoms with Crippen molar-refractivity contribution in [2.24, 2.45) is 0 Å². The average molecular weight is 269 g/mol. The molecular weight excluding hydrogens is 246 g/mol. The molecule has 0 amide bonds. The third-order valence-electron chi connectivity index (χ3n) is 3.48. The van der Waals surface area contributed by atoms with Crippen LogP contribution in [0.15, 0.2) is 42.6 Å². The molecule has 3 heteroatoms. The topological polar surface area (TPSA) is 28.2 Å². The number of aryl methyl sites for hydroxylation is 1. The van der Waals surface area contributed by atoms with E-state index < -0.39 is 0 Å². The normalized spacial score (nSPS) is 10.6. The molecule has 0 saturated carbocycles. The summed E-state index contributed by atoms with van der Waals surface area (Å²) in [6.07, 6.45) is 2.82. The largest absolute Gasteiger partial charge is 0.374 e. The third-order valence-corrected chi connectivity index (χ3v) is 3.48. The van der Waals surface area contributed by atoms with E-state index in [0.29, 0.717) is 0 Å². The van der Waals surface area contributed by atoms with E-state index in [1.54, 1.807) is 0 Å². The summed E-state index contributed by atoms with van der Waals surface area (Å²) in [6.45, 7) is 4.06. The molecule has 1 aromatic carbocycles. The molecule has 1 N–H and O–H groups in total. The third kappa shape index (κ3) is 3.81. The van der Waals surface area contributed by atoms with Gasteiger partial charge >= 0.3 is 0 Å². The Bertz CT molecular complexity index is 537. The van der Waals surface area contributed by atoms with Gasteiger partial charge in [-0.25, -0.2) is 0 Å². The molecule has 1 heterocycles. The van der Waals surface area contributed by atoms with Crippen LogP contribution in [0.3, 0.4) is 0 Å². The van der Waals surface area contributed by atoms with Crippen LogP contribution in [0.4, 0.5) is 5.69 Å². The fourth-order valence-electron chi connectivity index (χ4n) is 2.41. The molecule has 0 saturated heterocycles. The van der Waals surface area contributed by atoms with Crippen molar-refractivity contribution < 1.29 is 0 Å². The Morgan fingerprint density at radius 2 is 2.05 bits per heavy atom. The maximum atomic E-state index is 4.37. The van der Waals surface area contributed by atoms with Crippen molar-refractivity contribution in [2.75, 3.05) is 25.5 Å². The Hall–Kier alpha value is -1.87. The van der Waals surface area contributed by atoms with E-state index in [1.165, 1.54) is 16.8 Å². The molecule has 0 bridgehead atoms. The molecule has 3 nitrogen and oxygen atoms in total.